The number of benzene rings is 1. The largest absolute Gasteiger partial charge is 0.436 e. The van der Waals surface area contributed by atoms with Crippen molar-refractivity contribution < 1.29 is 27.5 Å². The second kappa shape index (κ2) is 6.18. The molecule has 134 valence electrons. The zero-order valence-electron chi connectivity index (χ0n) is 13.7. The Hall–Kier alpha value is -2.35. The van der Waals surface area contributed by atoms with Gasteiger partial charge in [-0.05, 0) is 25.0 Å². The Kier molecular flexibility index (Phi) is 4.32. The Balaban J connectivity index is 2.01. The number of aryl methyl sites for hydroxylation is 2. The summed E-state index contributed by atoms with van der Waals surface area (Å²) in [4.78, 5) is 18.0. The third kappa shape index (κ3) is 3.26. The monoisotopic (exact) mass is 354 g/mol. The minimum atomic E-state index is -4.54. The van der Waals surface area contributed by atoms with Gasteiger partial charge in [0, 0.05) is 13.5 Å². The Morgan fingerprint density at radius 3 is 2.60 bits per heavy atom. The molecule has 2 aromatic rings. The number of rotatable bonds is 2. The second-order valence-corrected chi connectivity index (χ2v) is 6.10. The lowest BCUT2D eigenvalue weighted by atomic mass is 9.97. The summed E-state index contributed by atoms with van der Waals surface area (Å²) < 4.78 is 45.3. The molecule has 0 bridgehead atoms. The Morgan fingerprint density at radius 2 is 2.00 bits per heavy atom. The number of hydrogen-bond donors (Lipinski definition) is 1. The minimum absolute atomic E-state index is 0.0129. The molecule has 1 aliphatic rings. The van der Waals surface area contributed by atoms with Crippen molar-refractivity contribution in [3.8, 4) is 0 Å². The zero-order valence-corrected chi connectivity index (χ0v) is 13.7. The van der Waals surface area contributed by atoms with Crippen LogP contribution in [0, 0.1) is 13.8 Å². The van der Waals surface area contributed by atoms with Crippen molar-refractivity contribution in [2.75, 3.05) is 6.54 Å². The summed E-state index contributed by atoms with van der Waals surface area (Å²) in [6.45, 7) is 3.11. The molecule has 8 heteroatoms. The maximum absolute atomic E-state index is 13.3. The van der Waals surface area contributed by atoms with Crippen LogP contribution in [0.2, 0.25) is 0 Å². The molecule has 1 N–H and O–H groups in total. The van der Waals surface area contributed by atoms with E-state index in [4.69, 9.17) is 4.42 Å². The molecule has 0 aliphatic carbocycles. The summed E-state index contributed by atoms with van der Waals surface area (Å²) in [7, 11) is 0. The highest BCUT2D eigenvalue weighted by Gasteiger charge is 2.42. The molecule has 25 heavy (non-hydrogen) atoms. The van der Waals surface area contributed by atoms with Crippen LogP contribution in [-0.2, 0) is 6.18 Å². The predicted octanol–water partition coefficient (Wildman–Crippen LogP) is 3.26. The number of hydrogen-bond acceptors (Lipinski definition) is 4. The first-order valence-corrected chi connectivity index (χ1v) is 7.77. The lowest BCUT2D eigenvalue weighted by Crippen LogP contribution is -2.32. The molecule has 0 saturated carbocycles. The van der Waals surface area contributed by atoms with E-state index in [0.717, 1.165) is 6.07 Å². The van der Waals surface area contributed by atoms with E-state index in [1.54, 1.807) is 13.8 Å². The van der Waals surface area contributed by atoms with Crippen molar-refractivity contribution in [3.05, 3.63) is 52.7 Å². The van der Waals surface area contributed by atoms with E-state index in [1.807, 2.05) is 0 Å². The number of nitrogens with zero attached hydrogens (tertiary/aromatic N) is 2. The van der Waals surface area contributed by atoms with Crippen LogP contribution < -0.4 is 0 Å². The quantitative estimate of drug-likeness (QED) is 0.899. The molecule has 1 fully saturated rings. The average molecular weight is 354 g/mol. The van der Waals surface area contributed by atoms with Gasteiger partial charge >= 0.3 is 6.18 Å². The molecule has 1 aliphatic heterocycles. The van der Waals surface area contributed by atoms with Crippen molar-refractivity contribution in [3.63, 3.8) is 0 Å². The van der Waals surface area contributed by atoms with Crippen molar-refractivity contribution in [1.82, 2.24) is 9.88 Å². The molecule has 3 rings (SSSR count). The van der Waals surface area contributed by atoms with Gasteiger partial charge < -0.3 is 14.4 Å². The number of amides is 1. The topological polar surface area (TPSA) is 66.6 Å². The van der Waals surface area contributed by atoms with Gasteiger partial charge in [-0.3, -0.25) is 4.79 Å². The maximum atomic E-state index is 13.3. The highest BCUT2D eigenvalue weighted by molar-refractivity contribution is 5.93. The number of carbonyl (C=O) groups excluding carboxylic acids is 1. The van der Waals surface area contributed by atoms with Gasteiger partial charge in [-0.25, -0.2) is 4.98 Å². The van der Waals surface area contributed by atoms with E-state index in [2.05, 4.69) is 4.98 Å². The number of halogens is 3. The molecule has 2 heterocycles. The maximum Gasteiger partial charge on any atom is 0.416 e. The highest BCUT2D eigenvalue weighted by atomic mass is 19.4. The van der Waals surface area contributed by atoms with Crippen LogP contribution in [0.25, 0.3) is 0 Å². The third-order valence-corrected chi connectivity index (χ3v) is 4.26. The molecule has 5 nitrogen and oxygen atoms in total. The first kappa shape index (κ1) is 17.5. The minimum Gasteiger partial charge on any atom is -0.436 e. The van der Waals surface area contributed by atoms with Crippen LogP contribution >= 0.6 is 0 Å². The van der Waals surface area contributed by atoms with E-state index < -0.39 is 29.8 Å². The Morgan fingerprint density at radius 1 is 1.32 bits per heavy atom. The molecular weight excluding hydrogens is 337 g/mol. The fourth-order valence-corrected chi connectivity index (χ4v) is 3.24. The highest BCUT2D eigenvalue weighted by Crippen LogP contribution is 2.41. The predicted molar refractivity (Wildman–Crippen MR) is 81.8 cm³/mol. The van der Waals surface area contributed by atoms with Gasteiger partial charge in [0.2, 0.25) is 5.76 Å². The molecule has 0 spiro atoms. The summed E-state index contributed by atoms with van der Waals surface area (Å²) in [6.07, 6.45) is -5.41. The molecular formula is C17H17F3N2O3. The van der Waals surface area contributed by atoms with Gasteiger partial charge in [0.1, 0.15) is 0 Å². The van der Waals surface area contributed by atoms with Crippen LogP contribution in [0.5, 0.6) is 0 Å². The molecule has 1 saturated heterocycles. The number of alkyl halides is 3. The molecule has 0 radical (unpaired) electrons. The average Bonchev–Trinajstić information content (AvgIpc) is 3.08. The first-order valence-electron chi connectivity index (χ1n) is 7.77. The van der Waals surface area contributed by atoms with Crippen molar-refractivity contribution in [2.24, 2.45) is 0 Å². The fraction of sp³-hybridized carbons (Fsp3) is 0.412. The van der Waals surface area contributed by atoms with Crippen molar-refractivity contribution >= 4 is 5.91 Å². The number of aliphatic hydroxyl groups excluding tert-OH is 1. The van der Waals surface area contributed by atoms with Gasteiger partial charge in [0.25, 0.3) is 5.91 Å². The van der Waals surface area contributed by atoms with E-state index >= 15 is 0 Å². The van der Waals surface area contributed by atoms with Crippen LogP contribution in [0.4, 0.5) is 13.2 Å². The number of carbonyl (C=O) groups is 1. The number of likely N-dealkylation sites (tertiary alicyclic amines) is 1. The van der Waals surface area contributed by atoms with E-state index in [1.165, 1.54) is 23.1 Å². The molecule has 1 aromatic carbocycles. The van der Waals surface area contributed by atoms with Crippen molar-refractivity contribution in [1.29, 1.82) is 0 Å². The Bertz CT molecular complexity index is 801. The zero-order chi connectivity index (χ0) is 18.4. The number of aliphatic hydroxyl groups is 1. The standard InChI is InChI=1S/C17H17F3N2O3/c1-9-15(25-10(2)21-9)16(24)22-8-11(23)7-14(22)12-5-3-4-6-13(12)17(18,19)20/h3-6,11,14,23H,7-8H2,1-2H3. The van der Waals surface area contributed by atoms with Crippen LogP contribution in [0.1, 0.15) is 45.7 Å². The van der Waals surface area contributed by atoms with Gasteiger partial charge in [-0.2, -0.15) is 13.2 Å². The molecule has 1 aromatic heterocycles. The van der Waals surface area contributed by atoms with Crippen molar-refractivity contribution in [2.45, 2.75) is 38.6 Å². The van der Waals surface area contributed by atoms with E-state index in [9.17, 15) is 23.1 Å². The smallest absolute Gasteiger partial charge is 0.416 e. The number of β-amino-alcohol motifs (C(OH)–C–C–N with tert-alkyl or cyclic N) is 1. The van der Waals surface area contributed by atoms with Crippen LogP contribution in [-0.4, -0.2) is 33.5 Å². The normalized spacial score (nSPS) is 21.0. The molecule has 2 unspecified atom stereocenters. The van der Waals surface area contributed by atoms with Gasteiger partial charge in [-0.15, -0.1) is 0 Å². The summed E-state index contributed by atoms with van der Waals surface area (Å²) in [6, 6.07) is 4.22. The van der Waals surface area contributed by atoms with Crippen LogP contribution in [0.15, 0.2) is 28.7 Å². The molecule has 1 amide bonds. The number of oxazole rings is 1. The summed E-state index contributed by atoms with van der Waals surface area (Å²) in [5.74, 6) is -0.287. The summed E-state index contributed by atoms with van der Waals surface area (Å²) >= 11 is 0. The fourth-order valence-electron chi connectivity index (χ4n) is 3.24. The lowest BCUT2D eigenvalue weighted by Gasteiger charge is -2.26. The van der Waals surface area contributed by atoms with Gasteiger partial charge in [-0.1, -0.05) is 18.2 Å². The van der Waals surface area contributed by atoms with Gasteiger partial charge in [0.05, 0.1) is 23.4 Å². The van der Waals surface area contributed by atoms with Gasteiger partial charge in [0.15, 0.2) is 5.89 Å². The third-order valence-electron chi connectivity index (χ3n) is 4.26. The lowest BCUT2D eigenvalue weighted by molar-refractivity contribution is -0.138. The molecule has 2 atom stereocenters. The van der Waals surface area contributed by atoms with E-state index in [0.29, 0.717) is 11.6 Å². The second-order valence-electron chi connectivity index (χ2n) is 6.10. The summed E-state index contributed by atoms with van der Waals surface area (Å²) in [5, 5.41) is 9.97. The van der Waals surface area contributed by atoms with E-state index in [-0.39, 0.29) is 24.3 Å². The number of aromatic nitrogens is 1. The first-order chi connectivity index (χ1) is 11.7. The Labute approximate surface area is 142 Å². The summed E-state index contributed by atoms with van der Waals surface area (Å²) in [5.41, 5.74) is -0.474. The van der Waals surface area contributed by atoms with Crippen LogP contribution in [0.3, 0.4) is 0 Å². The SMILES string of the molecule is Cc1nc(C)c(C(=O)N2CC(O)CC2c2ccccc2C(F)(F)F)o1.